The van der Waals surface area contributed by atoms with E-state index in [1.165, 1.54) is 25.0 Å². The lowest BCUT2D eigenvalue weighted by Gasteiger charge is -2.16. The van der Waals surface area contributed by atoms with Crippen molar-refractivity contribution in [2.75, 3.05) is 18.0 Å². The number of pyridine rings is 1. The summed E-state index contributed by atoms with van der Waals surface area (Å²) in [5, 5.41) is 8.50. The predicted octanol–water partition coefficient (Wildman–Crippen LogP) is 4.34. The molecule has 0 bridgehead atoms. The number of halogens is 2. The van der Waals surface area contributed by atoms with Crippen LogP contribution >= 0.6 is 0 Å². The minimum atomic E-state index is -3.25. The highest BCUT2D eigenvalue weighted by molar-refractivity contribution is 5.57. The highest BCUT2D eigenvalue weighted by Gasteiger charge is 2.23. The van der Waals surface area contributed by atoms with Gasteiger partial charge in [-0.2, -0.15) is 13.8 Å². The molecule has 0 radical (unpaired) electrons. The number of aromatic nitrogens is 6. The van der Waals surface area contributed by atoms with Crippen LogP contribution in [0.3, 0.4) is 0 Å². The molecule has 11 heteroatoms. The van der Waals surface area contributed by atoms with Gasteiger partial charge >= 0.3 is 6.11 Å². The van der Waals surface area contributed by atoms with E-state index in [9.17, 15) is 8.78 Å². The van der Waals surface area contributed by atoms with Gasteiger partial charge in [0.1, 0.15) is 17.4 Å². The molecule has 0 aliphatic carbocycles. The highest BCUT2D eigenvalue weighted by atomic mass is 19.3. The van der Waals surface area contributed by atoms with E-state index in [4.69, 9.17) is 4.52 Å². The highest BCUT2D eigenvalue weighted by Crippen LogP contribution is 2.26. The number of benzene rings is 1. The summed E-state index contributed by atoms with van der Waals surface area (Å²) >= 11 is 0. The Morgan fingerprint density at radius 1 is 1.06 bits per heavy atom. The second-order valence-corrected chi connectivity index (χ2v) is 8.21. The topological polar surface area (TPSA) is 95.0 Å². The van der Waals surface area contributed by atoms with Crippen molar-refractivity contribution >= 4 is 5.82 Å². The maximum atomic E-state index is 13.0. The number of alkyl halides is 2. The van der Waals surface area contributed by atoms with E-state index in [2.05, 4.69) is 40.9 Å². The van der Waals surface area contributed by atoms with Crippen molar-refractivity contribution in [3.8, 4) is 28.9 Å². The van der Waals surface area contributed by atoms with Crippen molar-refractivity contribution in [2.45, 2.75) is 39.3 Å². The third-order valence-corrected chi connectivity index (χ3v) is 5.46. The second kappa shape index (κ2) is 8.81. The second-order valence-electron chi connectivity index (χ2n) is 8.21. The molecule has 3 aromatic heterocycles. The van der Waals surface area contributed by atoms with Crippen molar-refractivity contribution in [3.05, 3.63) is 54.0 Å². The number of nitrogens with zero attached hydrogens (tertiary/aromatic N) is 7. The standard InChI is InChI=1S/C23H23F2N7O2/c1-15-27-21(29-32(15)14-16-9-10-26-19(13-16)31-11-3-4-12-31)22-28-20(30-34-22)17-5-7-18(8-6-17)33-23(2,24)25/h5-10,13H,3-4,11-12,14H2,1-2H3. The Morgan fingerprint density at radius 3 is 2.56 bits per heavy atom. The minimum Gasteiger partial charge on any atom is -0.433 e. The summed E-state index contributed by atoms with van der Waals surface area (Å²) < 4.78 is 37.7. The number of anilines is 1. The first kappa shape index (κ1) is 21.9. The number of hydrogen-bond acceptors (Lipinski definition) is 8. The number of hydrogen-bond donors (Lipinski definition) is 0. The van der Waals surface area contributed by atoms with Gasteiger partial charge in [-0.15, -0.1) is 5.10 Å². The zero-order chi connectivity index (χ0) is 23.7. The number of rotatable bonds is 7. The maximum absolute atomic E-state index is 13.0. The predicted molar refractivity (Wildman–Crippen MR) is 120 cm³/mol. The van der Waals surface area contributed by atoms with E-state index in [0.717, 1.165) is 24.5 Å². The summed E-state index contributed by atoms with van der Waals surface area (Å²) in [4.78, 5) is 15.6. The number of ether oxygens (including phenoxy) is 1. The van der Waals surface area contributed by atoms with Crippen molar-refractivity contribution in [1.82, 2.24) is 29.9 Å². The average molecular weight is 467 g/mol. The van der Waals surface area contributed by atoms with Gasteiger partial charge in [0, 0.05) is 31.8 Å². The summed E-state index contributed by atoms with van der Waals surface area (Å²) in [5.41, 5.74) is 1.66. The monoisotopic (exact) mass is 467 g/mol. The zero-order valence-electron chi connectivity index (χ0n) is 18.8. The molecular weight excluding hydrogens is 444 g/mol. The van der Waals surface area contributed by atoms with E-state index in [0.29, 0.717) is 36.5 Å². The van der Waals surface area contributed by atoms with Gasteiger partial charge in [0.25, 0.3) is 5.89 Å². The SMILES string of the molecule is Cc1nc(-c2nc(-c3ccc(OC(C)(F)F)cc3)no2)nn1Cc1ccnc(N2CCCC2)c1. The summed E-state index contributed by atoms with van der Waals surface area (Å²) in [5.74, 6) is 2.51. The van der Waals surface area contributed by atoms with Crippen LogP contribution in [0.2, 0.25) is 0 Å². The zero-order valence-corrected chi connectivity index (χ0v) is 18.8. The average Bonchev–Trinajstić information content (AvgIpc) is 3.55. The lowest BCUT2D eigenvalue weighted by molar-refractivity contribution is -0.158. The Balaban J connectivity index is 1.31. The van der Waals surface area contributed by atoms with Crippen molar-refractivity contribution in [3.63, 3.8) is 0 Å². The van der Waals surface area contributed by atoms with Crippen LogP contribution in [-0.2, 0) is 6.54 Å². The van der Waals surface area contributed by atoms with Crippen LogP contribution in [0.25, 0.3) is 23.1 Å². The molecule has 1 saturated heterocycles. The lowest BCUT2D eigenvalue weighted by Crippen LogP contribution is -2.19. The van der Waals surface area contributed by atoms with E-state index in [-0.39, 0.29) is 11.6 Å². The van der Waals surface area contributed by atoms with Gasteiger partial charge in [0.2, 0.25) is 11.6 Å². The van der Waals surface area contributed by atoms with Gasteiger partial charge < -0.3 is 14.2 Å². The maximum Gasteiger partial charge on any atom is 0.394 e. The quantitative estimate of drug-likeness (QED) is 0.396. The van der Waals surface area contributed by atoms with E-state index >= 15 is 0 Å². The number of aryl methyl sites for hydroxylation is 1. The van der Waals surface area contributed by atoms with E-state index in [1.807, 2.05) is 19.2 Å². The first-order valence-corrected chi connectivity index (χ1v) is 11.0. The minimum absolute atomic E-state index is 0.0417. The Bertz CT molecular complexity index is 1280. The molecule has 0 N–H and O–H groups in total. The molecule has 1 aromatic carbocycles. The lowest BCUT2D eigenvalue weighted by atomic mass is 10.2. The van der Waals surface area contributed by atoms with E-state index in [1.54, 1.807) is 16.8 Å². The van der Waals surface area contributed by atoms with Gasteiger partial charge in [-0.05, 0) is 61.7 Å². The Morgan fingerprint density at radius 2 is 1.82 bits per heavy atom. The summed E-state index contributed by atoms with van der Waals surface area (Å²) in [6.07, 6.45) is 0.944. The van der Waals surface area contributed by atoms with Crippen LogP contribution in [-0.4, -0.2) is 49.1 Å². The van der Waals surface area contributed by atoms with Crippen LogP contribution < -0.4 is 9.64 Å². The third kappa shape index (κ3) is 4.87. The summed E-state index contributed by atoms with van der Waals surface area (Å²) in [6, 6.07) is 10.0. The molecule has 0 atom stereocenters. The molecule has 34 heavy (non-hydrogen) atoms. The molecule has 1 aliphatic heterocycles. The van der Waals surface area contributed by atoms with Crippen LogP contribution in [0.4, 0.5) is 14.6 Å². The third-order valence-electron chi connectivity index (χ3n) is 5.46. The van der Waals surface area contributed by atoms with Gasteiger partial charge in [-0.1, -0.05) is 5.16 Å². The summed E-state index contributed by atoms with van der Waals surface area (Å²) in [6.45, 7) is 5.14. The molecule has 1 aliphatic rings. The fourth-order valence-electron chi connectivity index (χ4n) is 3.82. The molecule has 4 heterocycles. The van der Waals surface area contributed by atoms with Crippen LogP contribution in [0.5, 0.6) is 5.75 Å². The van der Waals surface area contributed by atoms with Crippen LogP contribution in [0.1, 0.15) is 31.2 Å². The van der Waals surface area contributed by atoms with Gasteiger partial charge in [0.15, 0.2) is 0 Å². The Hall–Kier alpha value is -3.89. The first-order valence-electron chi connectivity index (χ1n) is 11.0. The largest absolute Gasteiger partial charge is 0.433 e. The van der Waals surface area contributed by atoms with Crippen LogP contribution in [0, 0.1) is 6.92 Å². The summed E-state index contributed by atoms with van der Waals surface area (Å²) in [7, 11) is 0. The van der Waals surface area contributed by atoms with Crippen molar-refractivity contribution < 1.29 is 18.0 Å². The van der Waals surface area contributed by atoms with Gasteiger partial charge in [-0.25, -0.2) is 14.6 Å². The fourth-order valence-corrected chi connectivity index (χ4v) is 3.82. The molecule has 0 unspecified atom stereocenters. The molecule has 176 valence electrons. The van der Waals surface area contributed by atoms with E-state index < -0.39 is 6.11 Å². The van der Waals surface area contributed by atoms with Gasteiger partial charge in [0.05, 0.1) is 6.54 Å². The smallest absolute Gasteiger partial charge is 0.394 e. The first-order chi connectivity index (χ1) is 16.3. The molecule has 1 fully saturated rings. The molecular formula is C23H23F2N7O2. The Labute approximate surface area is 194 Å². The molecule has 0 amide bonds. The Kier molecular flexibility index (Phi) is 5.68. The molecule has 9 nitrogen and oxygen atoms in total. The molecule has 0 spiro atoms. The van der Waals surface area contributed by atoms with Crippen molar-refractivity contribution in [1.29, 1.82) is 0 Å². The fraction of sp³-hybridized carbons (Fsp3) is 0.348. The molecule has 0 saturated carbocycles. The molecule has 4 aromatic rings. The molecule has 5 rings (SSSR count). The van der Waals surface area contributed by atoms with Gasteiger partial charge in [-0.3, -0.25) is 0 Å². The van der Waals surface area contributed by atoms with Crippen molar-refractivity contribution in [2.24, 2.45) is 0 Å². The normalized spacial score (nSPS) is 14.1. The van der Waals surface area contributed by atoms with Crippen LogP contribution in [0.15, 0.2) is 47.1 Å².